The number of nitrogens with two attached hydrogens (primary N) is 1. The third-order valence-electron chi connectivity index (χ3n) is 3.80. The number of aliphatic hydroxyl groups is 1. The molecule has 3 N–H and O–H groups in total. The highest BCUT2D eigenvalue weighted by molar-refractivity contribution is 5.81. The number of aromatic nitrogens is 4. The number of imidazole rings is 1. The minimum Gasteiger partial charge on any atom is -0.388 e. The van der Waals surface area contributed by atoms with Gasteiger partial charge in [-0.3, -0.25) is 4.57 Å². The lowest BCUT2D eigenvalue weighted by atomic mass is 9.99. The van der Waals surface area contributed by atoms with Crippen LogP contribution in [-0.4, -0.2) is 36.8 Å². The summed E-state index contributed by atoms with van der Waals surface area (Å²) in [5, 5.41) is 10.3. The zero-order valence-electron chi connectivity index (χ0n) is 10.9. The third-order valence-corrected chi connectivity index (χ3v) is 3.80. The molecule has 7 heteroatoms. The Morgan fingerprint density at radius 2 is 2.21 bits per heavy atom. The van der Waals surface area contributed by atoms with E-state index in [-0.39, 0.29) is 12.0 Å². The van der Waals surface area contributed by atoms with Crippen LogP contribution < -0.4 is 5.73 Å². The molecular weight excluding hydrogens is 246 g/mol. The van der Waals surface area contributed by atoms with Crippen LogP contribution in [0.15, 0.2) is 12.7 Å². The Hall–Kier alpha value is -1.73. The van der Waals surface area contributed by atoms with Gasteiger partial charge in [0.2, 0.25) is 0 Å². The Morgan fingerprint density at radius 1 is 1.42 bits per heavy atom. The van der Waals surface area contributed by atoms with Crippen molar-refractivity contribution in [3.05, 3.63) is 12.7 Å². The second-order valence-corrected chi connectivity index (χ2v) is 4.91. The van der Waals surface area contributed by atoms with Gasteiger partial charge in [0, 0.05) is 5.92 Å². The first-order chi connectivity index (χ1) is 9.13. The predicted molar refractivity (Wildman–Crippen MR) is 69.1 cm³/mol. The Labute approximate surface area is 110 Å². The van der Waals surface area contributed by atoms with E-state index in [0.29, 0.717) is 17.0 Å². The summed E-state index contributed by atoms with van der Waals surface area (Å²) in [5.74, 6) is 0.406. The van der Waals surface area contributed by atoms with Gasteiger partial charge in [0.25, 0.3) is 0 Å². The van der Waals surface area contributed by atoms with E-state index in [9.17, 15) is 5.11 Å². The molecule has 2 aromatic heterocycles. The van der Waals surface area contributed by atoms with Crippen LogP contribution in [0.4, 0.5) is 5.82 Å². The fourth-order valence-corrected chi connectivity index (χ4v) is 2.62. The molecule has 102 valence electrons. The van der Waals surface area contributed by atoms with Gasteiger partial charge in [-0.2, -0.15) is 0 Å². The molecule has 0 aromatic carbocycles. The van der Waals surface area contributed by atoms with Crippen molar-refractivity contribution in [1.82, 2.24) is 19.5 Å². The van der Waals surface area contributed by atoms with Gasteiger partial charge in [-0.15, -0.1) is 0 Å². The van der Waals surface area contributed by atoms with Crippen molar-refractivity contribution in [1.29, 1.82) is 0 Å². The molecule has 0 bridgehead atoms. The number of rotatable bonds is 2. The maximum absolute atomic E-state index is 10.3. The Balaban J connectivity index is 2.04. The summed E-state index contributed by atoms with van der Waals surface area (Å²) in [6.45, 7) is 4.03. The first-order valence-corrected chi connectivity index (χ1v) is 6.40. The number of ether oxygens (including phenoxy) is 1. The van der Waals surface area contributed by atoms with Crippen molar-refractivity contribution < 1.29 is 9.84 Å². The Morgan fingerprint density at radius 3 is 2.89 bits per heavy atom. The van der Waals surface area contributed by atoms with Crippen LogP contribution >= 0.6 is 0 Å². The standard InChI is InChI=1S/C12H17N5O2/c1-3-7-6(2)9(18)12(19-7)17-5-16-8-10(13)14-4-15-11(8)17/h4-7,9,12,18H,3H2,1-2H3,(H2,13,14,15). The van der Waals surface area contributed by atoms with E-state index < -0.39 is 12.3 Å². The molecule has 19 heavy (non-hydrogen) atoms. The van der Waals surface area contributed by atoms with Crippen molar-refractivity contribution in [3.8, 4) is 0 Å². The molecule has 3 rings (SSSR count). The second-order valence-electron chi connectivity index (χ2n) is 4.91. The molecule has 0 radical (unpaired) electrons. The van der Waals surface area contributed by atoms with E-state index in [0.717, 1.165) is 6.42 Å². The summed E-state index contributed by atoms with van der Waals surface area (Å²) >= 11 is 0. The molecule has 0 aliphatic carbocycles. The minimum atomic E-state index is -0.585. The molecule has 7 nitrogen and oxygen atoms in total. The molecule has 3 heterocycles. The van der Waals surface area contributed by atoms with E-state index in [1.54, 1.807) is 10.9 Å². The van der Waals surface area contributed by atoms with Crippen LogP contribution in [0.25, 0.3) is 11.2 Å². The fraction of sp³-hybridized carbons (Fsp3) is 0.583. The lowest BCUT2D eigenvalue weighted by Crippen LogP contribution is -2.24. The van der Waals surface area contributed by atoms with Crippen LogP contribution in [0.5, 0.6) is 0 Å². The number of fused-ring (bicyclic) bond motifs is 1. The first-order valence-electron chi connectivity index (χ1n) is 6.40. The highest BCUT2D eigenvalue weighted by Crippen LogP contribution is 2.36. The number of hydrogen-bond donors (Lipinski definition) is 2. The molecule has 4 unspecified atom stereocenters. The van der Waals surface area contributed by atoms with E-state index in [1.165, 1.54) is 6.33 Å². The van der Waals surface area contributed by atoms with Crippen LogP contribution in [0.1, 0.15) is 26.5 Å². The highest BCUT2D eigenvalue weighted by Gasteiger charge is 2.41. The van der Waals surface area contributed by atoms with Gasteiger partial charge in [0.15, 0.2) is 17.7 Å². The van der Waals surface area contributed by atoms with E-state index >= 15 is 0 Å². The van der Waals surface area contributed by atoms with Crippen LogP contribution in [0, 0.1) is 5.92 Å². The molecule has 4 atom stereocenters. The summed E-state index contributed by atoms with van der Waals surface area (Å²) in [6, 6.07) is 0. The number of aliphatic hydroxyl groups excluding tert-OH is 1. The average molecular weight is 263 g/mol. The van der Waals surface area contributed by atoms with Crippen molar-refractivity contribution in [2.75, 3.05) is 5.73 Å². The monoisotopic (exact) mass is 263 g/mol. The number of nitrogen functional groups attached to an aromatic ring is 1. The Bertz CT molecular complexity index is 599. The van der Waals surface area contributed by atoms with Crippen molar-refractivity contribution >= 4 is 17.0 Å². The molecule has 1 saturated heterocycles. The van der Waals surface area contributed by atoms with E-state index in [1.807, 2.05) is 13.8 Å². The van der Waals surface area contributed by atoms with Gasteiger partial charge in [-0.1, -0.05) is 13.8 Å². The second kappa shape index (κ2) is 4.43. The zero-order valence-corrected chi connectivity index (χ0v) is 10.9. The van der Waals surface area contributed by atoms with Gasteiger partial charge in [-0.05, 0) is 6.42 Å². The summed E-state index contributed by atoms with van der Waals surface area (Å²) in [4.78, 5) is 12.3. The quantitative estimate of drug-likeness (QED) is 0.828. The van der Waals surface area contributed by atoms with Gasteiger partial charge in [0.1, 0.15) is 17.9 Å². The largest absolute Gasteiger partial charge is 0.388 e. The van der Waals surface area contributed by atoms with Crippen molar-refractivity contribution in [2.45, 2.75) is 38.7 Å². The lowest BCUT2D eigenvalue weighted by molar-refractivity contribution is -0.0355. The number of hydrogen-bond acceptors (Lipinski definition) is 6. The minimum absolute atomic E-state index is 0.0386. The number of anilines is 1. The average Bonchev–Trinajstić information content (AvgIpc) is 2.94. The van der Waals surface area contributed by atoms with E-state index in [2.05, 4.69) is 15.0 Å². The fourth-order valence-electron chi connectivity index (χ4n) is 2.62. The predicted octanol–water partition coefficient (Wildman–Crippen LogP) is 0.713. The Kier molecular flexibility index (Phi) is 2.87. The maximum atomic E-state index is 10.3. The summed E-state index contributed by atoms with van der Waals surface area (Å²) < 4.78 is 7.63. The number of nitrogens with zero attached hydrogens (tertiary/aromatic N) is 4. The molecular formula is C12H17N5O2. The van der Waals surface area contributed by atoms with Crippen LogP contribution in [0.2, 0.25) is 0 Å². The van der Waals surface area contributed by atoms with Gasteiger partial charge in [0.05, 0.1) is 12.4 Å². The summed E-state index contributed by atoms with van der Waals surface area (Å²) in [5.41, 5.74) is 6.87. The summed E-state index contributed by atoms with van der Waals surface area (Å²) in [6.07, 6.45) is 2.82. The topological polar surface area (TPSA) is 99.1 Å². The molecule has 0 spiro atoms. The lowest BCUT2D eigenvalue weighted by Gasteiger charge is -2.16. The molecule has 1 aliphatic heterocycles. The molecule has 0 amide bonds. The highest BCUT2D eigenvalue weighted by atomic mass is 16.5. The zero-order chi connectivity index (χ0) is 13.6. The third kappa shape index (κ3) is 1.77. The first kappa shape index (κ1) is 12.3. The van der Waals surface area contributed by atoms with Gasteiger partial charge < -0.3 is 15.6 Å². The summed E-state index contributed by atoms with van der Waals surface area (Å²) in [7, 11) is 0. The SMILES string of the molecule is CCC1OC(n2cnc3c(N)ncnc32)C(O)C1C. The molecule has 0 saturated carbocycles. The maximum Gasteiger partial charge on any atom is 0.167 e. The molecule has 1 aliphatic rings. The molecule has 1 fully saturated rings. The van der Waals surface area contributed by atoms with Gasteiger partial charge >= 0.3 is 0 Å². The molecule has 2 aromatic rings. The smallest absolute Gasteiger partial charge is 0.167 e. The van der Waals surface area contributed by atoms with Crippen LogP contribution in [-0.2, 0) is 4.74 Å². The van der Waals surface area contributed by atoms with Crippen molar-refractivity contribution in [2.24, 2.45) is 5.92 Å². The van der Waals surface area contributed by atoms with Crippen molar-refractivity contribution in [3.63, 3.8) is 0 Å². The normalized spacial score (nSPS) is 31.1. The van der Waals surface area contributed by atoms with E-state index in [4.69, 9.17) is 10.5 Å². The van der Waals surface area contributed by atoms with Gasteiger partial charge in [-0.25, -0.2) is 15.0 Å². The van der Waals surface area contributed by atoms with Crippen LogP contribution in [0.3, 0.4) is 0 Å².